The van der Waals surface area contributed by atoms with Gasteiger partial charge < -0.3 is 15.0 Å². The van der Waals surface area contributed by atoms with Crippen molar-refractivity contribution in [2.24, 2.45) is 5.92 Å². The highest BCUT2D eigenvalue weighted by Gasteiger charge is 2.35. The zero-order chi connectivity index (χ0) is 14.7. The van der Waals surface area contributed by atoms with E-state index in [1.165, 1.54) is 0 Å². The first-order valence-corrected chi connectivity index (χ1v) is 8.02. The number of hydrogen-bond donors (Lipinski definition) is 1. The Balaban J connectivity index is 1.47. The molecule has 0 spiro atoms. The van der Waals surface area contributed by atoms with E-state index in [1.54, 1.807) is 0 Å². The van der Waals surface area contributed by atoms with Gasteiger partial charge in [0.15, 0.2) is 0 Å². The Morgan fingerprint density at radius 3 is 2.95 bits per heavy atom. The fraction of sp³-hybridized carbons (Fsp3) is 0.562. The molecule has 2 saturated heterocycles. The van der Waals surface area contributed by atoms with Crippen molar-refractivity contribution in [1.29, 1.82) is 0 Å². The lowest BCUT2D eigenvalue weighted by Gasteiger charge is -2.40. The minimum absolute atomic E-state index is 0.0938. The van der Waals surface area contributed by atoms with Crippen LogP contribution in [0.15, 0.2) is 24.3 Å². The third kappa shape index (κ3) is 3.69. The third-order valence-corrected chi connectivity index (χ3v) is 4.42. The van der Waals surface area contributed by atoms with E-state index >= 15 is 0 Å². The van der Waals surface area contributed by atoms with E-state index in [2.05, 4.69) is 5.32 Å². The second kappa shape index (κ2) is 6.67. The first kappa shape index (κ1) is 14.7. The van der Waals surface area contributed by atoms with Crippen molar-refractivity contribution in [3.05, 3.63) is 29.3 Å². The van der Waals surface area contributed by atoms with Crippen LogP contribution in [0.1, 0.15) is 19.3 Å². The second-order valence-electron chi connectivity index (χ2n) is 5.82. The number of hydrogen-bond acceptors (Lipinski definition) is 3. The molecule has 2 fully saturated rings. The van der Waals surface area contributed by atoms with Crippen LogP contribution >= 0.6 is 11.6 Å². The van der Waals surface area contributed by atoms with Gasteiger partial charge >= 0.3 is 0 Å². The van der Waals surface area contributed by atoms with E-state index in [0.29, 0.717) is 24.0 Å². The maximum absolute atomic E-state index is 12.4. The molecule has 0 bridgehead atoms. The number of likely N-dealkylation sites (tertiary alicyclic amines) is 1. The van der Waals surface area contributed by atoms with Gasteiger partial charge in [0.05, 0.1) is 13.1 Å². The topological polar surface area (TPSA) is 41.6 Å². The summed E-state index contributed by atoms with van der Waals surface area (Å²) in [5.74, 6) is 1.26. The van der Waals surface area contributed by atoms with Crippen LogP contribution in [0.5, 0.6) is 5.75 Å². The molecule has 1 aromatic carbocycles. The van der Waals surface area contributed by atoms with Gasteiger partial charge in [-0.1, -0.05) is 17.7 Å². The molecule has 1 aromatic rings. The zero-order valence-corrected chi connectivity index (χ0v) is 12.8. The van der Waals surface area contributed by atoms with Gasteiger partial charge in [-0.15, -0.1) is 0 Å². The summed E-state index contributed by atoms with van der Waals surface area (Å²) in [6.07, 6.45) is 3.14. The molecule has 1 unspecified atom stereocenters. The number of nitrogens with zero attached hydrogens (tertiary/aromatic N) is 1. The smallest absolute Gasteiger partial charge is 0.225 e. The predicted octanol–water partition coefficient (Wildman–Crippen LogP) is 2.32. The molecule has 0 aromatic heterocycles. The number of carbonyl (C=O) groups excluding carboxylic acids is 1. The summed E-state index contributed by atoms with van der Waals surface area (Å²) in [4.78, 5) is 14.3. The normalized spacial score (nSPS) is 23.3. The number of ether oxygens (including phenoxy) is 1. The number of amides is 1. The highest BCUT2D eigenvalue weighted by atomic mass is 35.5. The number of nitrogens with one attached hydrogen (secondary N) is 1. The van der Waals surface area contributed by atoms with E-state index in [9.17, 15) is 4.79 Å². The van der Waals surface area contributed by atoms with Crippen molar-refractivity contribution in [3.63, 3.8) is 0 Å². The summed E-state index contributed by atoms with van der Waals surface area (Å²) in [5.41, 5.74) is 0. The minimum atomic E-state index is 0.0938. The second-order valence-corrected chi connectivity index (χ2v) is 6.25. The van der Waals surface area contributed by atoms with Crippen molar-refractivity contribution in [3.8, 4) is 5.75 Å². The number of rotatable bonds is 3. The van der Waals surface area contributed by atoms with Gasteiger partial charge in [0, 0.05) is 10.9 Å². The number of benzene rings is 1. The predicted molar refractivity (Wildman–Crippen MR) is 82.7 cm³/mol. The van der Waals surface area contributed by atoms with Crippen LogP contribution in [0.4, 0.5) is 0 Å². The van der Waals surface area contributed by atoms with Crippen LogP contribution in [-0.4, -0.2) is 43.1 Å². The fourth-order valence-corrected chi connectivity index (χ4v) is 3.13. The van der Waals surface area contributed by atoms with E-state index in [4.69, 9.17) is 16.3 Å². The molecule has 1 N–H and O–H groups in total. The van der Waals surface area contributed by atoms with Crippen molar-refractivity contribution in [2.75, 3.05) is 26.2 Å². The molecule has 21 heavy (non-hydrogen) atoms. The first-order chi connectivity index (χ1) is 10.2. The lowest BCUT2D eigenvalue weighted by atomic mass is 9.97. The molecule has 2 heterocycles. The van der Waals surface area contributed by atoms with Crippen LogP contribution in [0, 0.1) is 5.92 Å². The van der Waals surface area contributed by atoms with Crippen LogP contribution < -0.4 is 10.1 Å². The Labute approximate surface area is 130 Å². The zero-order valence-electron chi connectivity index (χ0n) is 12.1. The highest BCUT2D eigenvalue weighted by Crippen LogP contribution is 2.24. The molecule has 5 heteroatoms. The van der Waals surface area contributed by atoms with Gasteiger partial charge in [0.2, 0.25) is 5.91 Å². The van der Waals surface area contributed by atoms with Crippen molar-refractivity contribution in [1.82, 2.24) is 10.2 Å². The Morgan fingerprint density at radius 1 is 1.29 bits per heavy atom. The molecular formula is C16H21ClN2O2. The Morgan fingerprint density at radius 2 is 2.14 bits per heavy atom. The van der Waals surface area contributed by atoms with Gasteiger partial charge in [-0.25, -0.2) is 0 Å². The van der Waals surface area contributed by atoms with E-state index < -0.39 is 0 Å². The first-order valence-electron chi connectivity index (χ1n) is 7.64. The molecule has 0 saturated carbocycles. The van der Waals surface area contributed by atoms with Gasteiger partial charge in [-0.2, -0.15) is 0 Å². The third-order valence-electron chi connectivity index (χ3n) is 4.18. The monoisotopic (exact) mass is 308 g/mol. The van der Waals surface area contributed by atoms with Crippen LogP contribution in [0.3, 0.4) is 0 Å². The van der Waals surface area contributed by atoms with Crippen molar-refractivity contribution in [2.45, 2.75) is 25.4 Å². The van der Waals surface area contributed by atoms with E-state index in [0.717, 1.165) is 38.1 Å². The molecule has 4 nitrogen and oxygen atoms in total. The Bertz CT molecular complexity index is 495. The molecule has 2 aliphatic rings. The molecular weight excluding hydrogens is 288 g/mol. The molecule has 3 rings (SSSR count). The quantitative estimate of drug-likeness (QED) is 0.932. The summed E-state index contributed by atoms with van der Waals surface area (Å²) < 4.78 is 5.83. The fourth-order valence-electron chi connectivity index (χ4n) is 2.95. The maximum Gasteiger partial charge on any atom is 0.225 e. The Hall–Kier alpha value is -1.26. The van der Waals surface area contributed by atoms with Crippen molar-refractivity contribution < 1.29 is 9.53 Å². The van der Waals surface area contributed by atoms with E-state index in [1.807, 2.05) is 29.2 Å². The average Bonchev–Trinajstić information content (AvgIpc) is 2.71. The van der Waals surface area contributed by atoms with Gasteiger partial charge in [-0.3, -0.25) is 4.79 Å². The highest BCUT2D eigenvalue weighted by molar-refractivity contribution is 6.30. The summed E-state index contributed by atoms with van der Waals surface area (Å²) in [7, 11) is 0. The van der Waals surface area contributed by atoms with Crippen LogP contribution in [0.2, 0.25) is 5.02 Å². The SMILES string of the molecule is O=C(C1CCCNCC1)N1CC(Oc2cccc(Cl)c2)C1. The Kier molecular flexibility index (Phi) is 4.66. The van der Waals surface area contributed by atoms with Gasteiger partial charge in [0.25, 0.3) is 0 Å². The summed E-state index contributed by atoms with van der Waals surface area (Å²) in [6, 6.07) is 7.40. The van der Waals surface area contributed by atoms with Crippen molar-refractivity contribution >= 4 is 17.5 Å². The summed E-state index contributed by atoms with van der Waals surface area (Å²) in [5, 5.41) is 4.02. The molecule has 1 amide bonds. The summed E-state index contributed by atoms with van der Waals surface area (Å²) in [6.45, 7) is 3.36. The van der Waals surface area contributed by atoms with Gasteiger partial charge in [0.1, 0.15) is 11.9 Å². The van der Waals surface area contributed by atoms with E-state index in [-0.39, 0.29) is 12.0 Å². The largest absolute Gasteiger partial charge is 0.487 e. The molecule has 2 aliphatic heterocycles. The minimum Gasteiger partial charge on any atom is -0.487 e. The number of carbonyl (C=O) groups is 1. The molecule has 0 aliphatic carbocycles. The standard InChI is InChI=1S/C16H21ClN2O2/c17-13-4-1-5-14(9-13)21-15-10-19(11-15)16(20)12-3-2-7-18-8-6-12/h1,4-5,9,12,15,18H,2-3,6-8,10-11H2. The molecule has 114 valence electrons. The average molecular weight is 309 g/mol. The molecule has 0 radical (unpaired) electrons. The lowest BCUT2D eigenvalue weighted by molar-refractivity contribution is -0.144. The summed E-state index contributed by atoms with van der Waals surface area (Å²) >= 11 is 5.94. The van der Waals surface area contributed by atoms with Gasteiger partial charge in [-0.05, 0) is 50.6 Å². The lowest BCUT2D eigenvalue weighted by Crippen LogP contribution is -2.57. The van der Waals surface area contributed by atoms with Crippen LogP contribution in [-0.2, 0) is 4.79 Å². The number of halogens is 1. The molecule has 1 atom stereocenters. The van der Waals surface area contributed by atoms with Crippen LogP contribution in [0.25, 0.3) is 0 Å². The maximum atomic E-state index is 12.4.